The smallest absolute Gasteiger partial charge is 0.316 e. The summed E-state index contributed by atoms with van der Waals surface area (Å²) in [6.45, 7) is 3.72. The fraction of sp³-hybridized carbons (Fsp3) is 0.385. The van der Waals surface area contributed by atoms with Gasteiger partial charge in [0.2, 0.25) is 0 Å². The molecular formula is C13H14Cl2O3. The SMILES string of the molecule is CCOC(=O)C(CC)C(=O)c1ccc(Cl)c(Cl)c1. The minimum absolute atomic E-state index is 0.254. The monoisotopic (exact) mass is 288 g/mol. The number of hydrogen-bond acceptors (Lipinski definition) is 3. The van der Waals surface area contributed by atoms with Crippen molar-refractivity contribution in [2.75, 3.05) is 6.61 Å². The van der Waals surface area contributed by atoms with Gasteiger partial charge in [-0.15, -0.1) is 0 Å². The number of esters is 1. The van der Waals surface area contributed by atoms with Gasteiger partial charge in [-0.05, 0) is 31.5 Å². The highest BCUT2D eigenvalue weighted by Gasteiger charge is 2.27. The summed E-state index contributed by atoms with van der Waals surface area (Å²) in [6, 6.07) is 4.56. The second-order valence-electron chi connectivity index (χ2n) is 3.71. The van der Waals surface area contributed by atoms with E-state index in [4.69, 9.17) is 27.9 Å². The van der Waals surface area contributed by atoms with Gasteiger partial charge in [-0.25, -0.2) is 0 Å². The number of rotatable bonds is 5. The Morgan fingerprint density at radius 2 is 1.89 bits per heavy atom. The standard InChI is InChI=1S/C13H14Cl2O3/c1-3-9(13(17)18-4-2)12(16)8-5-6-10(14)11(15)7-8/h5-7,9H,3-4H2,1-2H3. The third-order valence-corrected chi connectivity index (χ3v) is 3.24. The molecule has 0 aromatic heterocycles. The average molecular weight is 289 g/mol. The van der Waals surface area contributed by atoms with Gasteiger partial charge in [-0.2, -0.15) is 0 Å². The molecule has 0 saturated carbocycles. The van der Waals surface area contributed by atoms with Crippen molar-refractivity contribution in [3.05, 3.63) is 33.8 Å². The van der Waals surface area contributed by atoms with Crippen LogP contribution in [0.25, 0.3) is 0 Å². The number of ketones is 1. The summed E-state index contributed by atoms with van der Waals surface area (Å²) in [4.78, 5) is 23.8. The Kier molecular flexibility index (Phi) is 5.63. The van der Waals surface area contributed by atoms with E-state index in [1.165, 1.54) is 12.1 Å². The number of carbonyl (C=O) groups is 2. The Balaban J connectivity index is 2.96. The molecule has 1 unspecified atom stereocenters. The first-order chi connectivity index (χ1) is 8.51. The van der Waals surface area contributed by atoms with Crippen molar-refractivity contribution in [2.24, 2.45) is 5.92 Å². The first-order valence-electron chi connectivity index (χ1n) is 5.67. The predicted octanol–water partition coefficient (Wildman–Crippen LogP) is 3.77. The molecule has 0 saturated heterocycles. The molecule has 1 aromatic carbocycles. The molecule has 0 aliphatic heterocycles. The molecule has 0 spiro atoms. The molecule has 1 rings (SSSR count). The molecule has 1 atom stereocenters. The lowest BCUT2D eigenvalue weighted by Gasteiger charge is -2.12. The molecule has 18 heavy (non-hydrogen) atoms. The fourth-order valence-electron chi connectivity index (χ4n) is 1.55. The van der Waals surface area contributed by atoms with Crippen molar-refractivity contribution < 1.29 is 14.3 Å². The first-order valence-corrected chi connectivity index (χ1v) is 6.42. The van der Waals surface area contributed by atoms with Gasteiger partial charge in [0, 0.05) is 5.56 Å². The largest absolute Gasteiger partial charge is 0.465 e. The van der Waals surface area contributed by atoms with Crippen LogP contribution in [0.15, 0.2) is 18.2 Å². The molecule has 0 amide bonds. The number of ether oxygens (including phenoxy) is 1. The number of Topliss-reactive ketones (excluding diaryl/α,β-unsaturated/α-hetero) is 1. The number of benzene rings is 1. The van der Waals surface area contributed by atoms with E-state index in [1.54, 1.807) is 19.9 Å². The second kappa shape index (κ2) is 6.76. The van der Waals surface area contributed by atoms with Crippen molar-refractivity contribution in [1.82, 2.24) is 0 Å². The Labute approximate surface area is 116 Å². The summed E-state index contributed by atoms with van der Waals surface area (Å²) in [5.74, 6) is -1.59. The van der Waals surface area contributed by atoms with Gasteiger partial charge in [0.1, 0.15) is 5.92 Å². The third kappa shape index (κ3) is 3.47. The lowest BCUT2D eigenvalue weighted by Crippen LogP contribution is -2.25. The van der Waals surface area contributed by atoms with Crippen LogP contribution in [0.2, 0.25) is 10.0 Å². The molecule has 0 aliphatic carbocycles. The van der Waals surface area contributed by atoms with E-state index in [0.29, 0.717) is 22.0 Å². The van der Waals surface area contributed by atoms with E-state index in [-0.39, 0.29) is 12.4 Å². The van der Waals surface area contributed by atoms with Crippen LogP contribution in [0.4, 0.5) is 0 Å². The summed E-state index contributed by atoms with van der Waals surface area (Å²) < 4.78 is 4.87. The van der Waals surface area contributed by atoms with Crippen molar-refractivity contribution in [1.29, 1.82) is 0 Å². The van der Waals surface area contributed by atoms with Crippen LogP contribution >= 0.6 is 23.2 Å². The highest BCUT2D eigenvalue weighted by molar-refractivity contribution is 6.42. The second-order valence-corrected chi connectivity index (χ2v) is 4.52. The fourth-order valence-corrected chi connectivity index (χ4v) is 1.85. The molecule has 5 heteroatoms. The summed E-state index contributed by atoms with van der Waals surface area (Å²) >= 11 is 11.6. The van der Waals surface area contributed by atoms with Gasteiger partial charge in [0.15, 0.2) is 5.78 Å². The number of carbonyl (C=O) groups excluding carboxylic acids is 2. The van der Waals surface area contributed by atoms with Gasteiger partial charge in [0.25, 0.3) is 0 Å². The lowest BCUT2D eigenvalue weighted by molar-refractivity contribution is -0.146. The Bertz CT molecular complexity index is 458. The van der Waals surface area contributed by atoms with Gasteiger partial charge in [-0.1, -0.05) is 30.1 Å². The predicted molar refractivity (Wildman–Crippen MR) is 71.2 cm³/mol. The van der Waals surface area contributed by atoms with Crippen LogP contribution in [-0.2, 0) is 9.53 Å². The number of halogens is 2. The van der Waals surface area contributed by atoms with Crippen LogP contribution in [0.1, 0.15) is 30.6 Å². The Morgan fingerprint density at radius 3 is 2.39 bits per heavy atom. The first kappa shape index (κ1) is 15.0. The summed E-state index contributed by atoms with van der Waals surface area (Å²) in [5, 5.41) is 0.665. The normalized spacial score (nSPS) is 12.0. The molecule has 0 heterocycles. The average Bonchev–Trinajstić information content (AvgIpc) is 2.33. The van der Waals surface area contributed by atoms with Crippen molar-refractivity contribution >= 4 is 35.0 Å². The van der Waals surface area contributed by atoms with Crippen LogP contribution in [0.5, 0.6) is 0 Å². The van der Waals surface area contributed by atoms with Crippen LogP contribution in [0, 0.1) is 5.92 Å². The topological polar surface area (TPSA) is 43.4 Å². The third-order valence-electron chi connectivity index (χ3n) is 2.50. The quantitative estimate of drug-likeness (QED) is 0.471. The van der Waals surface area contributed by atoms with E-state index < -0.39 is 11.9 Å². The van der Waals surface area contributed by atoms with Crippen LogP contribution < -0.4 is 0 Å². The zero-order chi connectivity index (χ0) is 13.7. The summed E-state index contributed by atoms with van der Waals surface area (Å²) in [6.07, 6.45) is 0.387. The minimum Gasteiger partial charge on any atom is -0.465 e. The van der Waals surface area contributed by atoms with Crippen molar-refractivity contribution in [3.8, 4) is 0 Å². The summed E-state index contributed by atoms with van der Waals surface area (Å²) in [7, 11) is 0. The lowest BCUT2D eigenvalue weighted by atomic mass is 9.95. The highest BCUT2D eigenvalue weighted by Crippen LogP contribution is 2.24. The molecule has 0 N–H and O–H groups in total. The molecule has 0 aliphatic rings. The van der Waals surface area contributed by atoms with E-state index >= 15 is 0 Å². The van der Waals surface area contributed by atoms with Gasteiger partial charge < -0.3 is 4.74 Å². The van der Waals surface area contributed by atoms with E-state index in [1.807, 2.05) is 0 Å². The molecular weight excluding hydrogens is 275 g/mol. The molecule has 0 bridgehead atoms. The van der Waals surface area contributed by atoms with E-state index in [2.05, 4.69) is 0 Å². The van der Waals surface area contributed by atoms with Crippen molar-refractivity contribution in [2.45, 2.75) is 20.3 Å². The minimum atomic E-state index is -0.790. The maximum absolute atomic E-state index is 12.2. The molecule has 1 aromatic rings. The molecule has 98 valence electrons. The number of hydrogen-bond donors (Lipinski definition) is 0. The maximum atomic E-state index is 12.2. The Hall–Kier alpha value is -1.06. The van der Waals surface area contributed by atoms with Crippen LogP contribution in [-0.4, -0.2) is 18.4 Å². The molecule has 0 fully saturated rings. The zero-order valence-corrected chi connectivity index (χ0v) is 11.7. The van der Waals surface area contributed by atoms with Crippen molar-refractivity contribution in [3.63, 3.8) is 0 Å². The Morgan fingerprint density at radius 1 is 1.22 bits per heavy atom. The van der Waals surface area contributed by atoms with E-state index in [0.717, 1.165) is 0 Å². The highest BCUT2D eigenvalue weighted by atomic mass is 35.5. The summed E-state index contributed by atoms with van der Waals surface area (Å²) in [5.41, 5.74) is 0.365. The zero-order valence-electron chi connectivity index (χ0n) is 10.2. The van der Waals surface area contributed by atoms with Gasteiger partial charge in [0.05, 0.1) is 16.7 Å². The maximum Gasteiger partial charge on any atom is 0.316 e. The van der Waals surface area contributed by atoms with Gasteiger partial charge >= 0.3 is 5.97 Å². The van der Waals surface area contributed by atoms with Gasteiger partial charge in [-0.3, -0.25) is 9.59 Å². The molecule has 0 radical (unpaired) electrons. The molecule has 3 nitrogen and oxygen atoms in total. The van der Waals surface area contributed by atoms with E-state index in [9.17, 15) is 9.59 Å². The van der Waals surface area contributed by atoms with Crippen LogP contribution in [0.3, 0.4) is 0 Å².